The third-order valence-corrected chi connectivity index (χ3v) is 6.97. The van der Waals surface area contributed by atoms with Crippen molar-refractivity contribution in [2.24, 2.45) is 17.8 Å². The van der Waals surface area contributed by atoms with Gasteiger partial charge in [-0.2, -0.15) is 0 Å². The Labute approximate surface area is 156 Å². The Bertz CT molecular complexity index is 895. The van der Waals surface area contributed by atoms with Gasteiger partial charge in [-0.1, -0.05) is 17.7 Å². The highest BCUT2D eigenvalue weighted by Crippen LogP contribution is 2.64. The molecule has 0 saturated heterocycles. The smallest absolute Gasteiger partial charge is 0.335 e. The lowest BCUT2D eigenvalue weighted by molar-refractivity contribution is 0.0696. The first-order valence-electron chi connectivity index (χ1n) is 9.12. The summed E-state index contributed by atoms with van der Waals surface area (Å²) in [6, 6.07) is 9.91. The van der Waals surface area contributed by atoms with Gasteiger partial charge in [0, 0.05) is 16.3 Å². The normalized spacial score (nSPS) is 31.2. The molecule has 2 bridgehead atoms. The molecule has 5 rings (SSSR count). The van der Waals surface area contributed by atoms with E-state index >= 15 is 0 Å². The molecule has 2 aromatic rings. The van der Waals surface area contributed by atoms with E-state index in [1.807, 2.05) is 12.1 Å². The van der Waals surface area contributed by atoms with Crippen LogP contribution in [0.25, 0.3) is 0 Å². The van der Waals surface area contributed by atoms with Crippen molar-refractivity contribution in [3.63, 3.8) is 0 Å². The zero-order valence-corrected chi connectivity index (χ0v) is 14.8. The summed E-state index contributed by atoms with van der Waals surface area (Å²) in [7, 11) is 0. The number of anilines is 1. The van der Waals surface area contributed by atoms with Gasteiger partial charge in [0.15, 0.2) is 0 Å². The van der Waals surface area contributed by atoms with Crippen molar-refractivity contribution in [3.05, 3.63) is 63.9 Å². The highest BCUT2D eigenvalue weighted by molar-refractivity contribution is 6.31. The van der Waals surface area contributed by atoms with Crippen LogP contribution in [0.4, 0.5) is 10.1 Å². The van der Waals surface area contributed by atoms with Gasteiger partial charge in [-0.25, -0.2) is 9.18 Å². The number of carboxylic acid groups (broad SMARTS) is 1. The van der Waals surface area contributed by atoms with E-state index < -0.39 is 5.97 Å². The summed E-state index contributed by atoms with van der Waals surface area (Å²) in [4.78, 5) is 11.4. The van der Waals surface area contributed by atoms with E-state index in [4.69, 9.17) is 11.6 Å². The predicted molar refractivity (Wildman–Crippen MR) is 98.2 cm³/mol. The number of aromatic carboxylic acids is 1. The first kappa shape index (κ1) is 16.1. The maximum absolute atomic E-state index is 14.7. The van der Waals surface area contributed by atoms with Gasteiger partial charge in [0.05, 0.1) is 11.6 Å². The number of hydrogen-bond donors (Lipinski definition) is 2. The molecule has 0 unspecified atom stereocenters. The van der Waals surface area contributed by atoms with E-state index in [0.29, 0.717) is 28.0 Å². The summed E-state index contributed by atoms with van der Waals surface area (Å²) >= 11 is 6.39. The summed E-state index contributed by atoms with van der Waals surface area (Å²) in [6.07, 6.45) is 3.46. The third kappa shape index (κ3) is 2.21. The topological polar surface area (TPSA) is 49.3 Å². The molecule has 2 saturated carbocycles. The number of nitrogens with one attached hydrogen (secondary N) is 1. The molecule has 3 aliphatic rings. The minimum Gasteiger partial charge on any atom is -0.478 e. The number of carboxylic acids is 1. The molecule has 2 fully saturated rings. The van der Waals surface area contributed by atoms with Crippen LogP contribution in [-0.4, -0.2) is 11.1 Å². The van der Waals surface area contributed by atoms with E-state index in [1.165, 1.54) is 12.5 Å². The van der Waals surface area contributed by atoms with Gasteiger partial charge in [0.1, 0.15) is 5.82 Å². The molecular weight excluding hydrogens is 353 g/mol. The molecule has 0 radical (unpaired) electrons. The Hall–Kier alpha value is -2.07. The van der Waals surface area contributed by atoms with Crippen molar-refractivity contribution in [2.75, 3.05) is 5.32 Å². The minimum atomic E-state index is -0.910. The van der Waals surface area contributed by atoms with E-state index in [0.717, 1.165) is 24.1 Å². The van der Waals surface area contributed by atoms with Crippen molar-refractivity contribution in [1.29, 1.82) is 0 Å². The fourth-order valence-electron chi connectivity index (χ4n) is 5.72. The summed E-state index contributed by atoms with van der Waals surface area (Å²) < 4.78 is 14.7. The van der Waals surface area contributed by atoms with Crippen LogP contribution < -0.4 is 5.32 Å². The van der Waals surface area contributed by atoms with E-state index in [9.17, 15) is 14.3 Å². The van der Waals surface area contributed by atoms with Gasteiger partial charge >= 0.3 is 5.97 Å². The van der Waals surface area contributed by atoms with Crippen LogP contribution in [0.2, 0.25) is 5.02 Å². The number of fused-ring (bicyclic) bond motifs is 7. The van der Waals surface area contributed by atoms with Crippen LogP contribution in [-0.2, 0) is 0 Å². The summed E-state index contributed by atoms with van der Waals surface area (Å²) in [5.74, 6) is 0.404. The molecule has 2 N–H and O–H groups in total. The molecule has 5 atom stereocenters. The summed E-state index contributed by atoms with van der Waals surface area (Å²) in [6.45, 7) is 0. The average Bonchev–Trinajstić information content (AvgIpc) is 3.23. The summed E-state index contributed by atoms with van der Waals surface area (Å²) in [5, 5.41) is 13.3. The highest BCUT2D eigenvalue weighted by atomic mass is 35.5. The minimum absolute atomic E-state index is 0.174. The maximum atomic E-state index is 14.7. The van der Waals surface area contributed by atoms with Gasteiger partial charge in [0.2, 0.25) is 0 Å². The Balaban J connectivity index is 1.67. The van der Waals surface area contributed by atoms with Crippen molar-refractivity contribution in [2.45, 2.75) is 31.2 Å². The second-order valence-corrected chi connectivity index (χ2v) is 8.21. The van der Waals surface area contributed by atoms with Gasteiger partial charge in [-0.3, -0.25) is 0 Å². The van der Waals surface area contributed by atoms with Gasteiger partial charge < -0.3 is 10.4 Å². The zero-order valence-electron chi connectivity index (χ0n) is 14.1. The monoisotopic (exact) mass is 371 g/mol. The Morgan fingerprint density at radius 3 is 2.77 bits per heavy atom. The van der Waals surface area contributed by atoms with Crippen LogP contribution in [0.1, 0.15) is 52.7 Å². The Morgan fingerprint density at radius 1 is 1.19 bits per heavy atom. The first-order chi connectivity index (χ1) is 12.5. The Kier molecular flexibility index (Phi) is 3.54. The summed E-state index contributed by atoms with van der Waals surface area (Å²) in [5.41, 5.74) is 2.85. The van der Waals surface area contributed by atoms with Crippen molar-refractivity contribution >= 4 is 23.3 Å². The van der Waals surface area contributed by atoms with E-state index in [2.05, 4.69) is 5.32 Å². The molecule has 3 nitrogen and oxygen atoms in total. The largest absolute Gasteiger partial charge is 0.478 e. The molecule has 2 aliphatic carbocycles. The second-order valence-electron chi connectivity index (χ2n) is 7.80. The van der Waals surface area contributed by atoms with Crippen LogP contribution >= 0.6 is 11.6 Å². The van der Waals surface area contributed by atoms with E-state index in [1.54, 1.807) is 18.2 Å². The van der Waals surface area contributed by atoms with Crippen LogP contribution in [0.3, 0.4) is 0 Å². The maximum Gasteiger partial charge on any atom is 0.335 e. The lowest BCUT2D eigenvalue weighted by Gasteiger charge is -2.43. The molecule has 0 spiro atoms. The quantitative estimate of drug-likeness (QED) is 0.735. The number of benzene rings is 2. The number of carbonyl (C=O) groups is 1. The van der Waals surface area contributed by atoms with Gasteiger partial charge in [-0.05, 0) is 78.8 Å². The highest BCUT2D eigenvalue weighted by Gasteiger charge is 2.54. The van der Waals surface area contributed by atoms with Crippen LogP contribution in [0.15, 0.2) is 36.4 Å². The Morgan fingerprint density at radius 2 is 2.00 bits per heavy atom. The number of halogens is 2. The molecule has 0 aromatic heterocycles. The molecular formula is C21H19ClFNO2. The number of hydrogen-bond acceptors (Lipinski definition) is 2. The van der Waals surface area contributed by atoms with Crippen LogP contribution in [0.5, 0.6) is 0 Å². The SMILES string of the molecule is O=C(O)c1ccc2c(c1)[C@@H]1[C@H]3CC[C@@H](C3)[C@H]1[C@H](c1c(F)cccc1Cl)N2. The molecule has 1 heterocycles. The number of rotatable bonds is 2. The molecule has 0 amide bonds. The second kappa shape index (κ2) is 5.71. The average molecular weight is 372 g/mol. The standard InChI is InChI=1S/C21H19ClFNO2/c22-14-2-1-3-15(23)19(14)20-18-11-5-4-10(8-11)17(18)13-9-12(21(25)26)6-7-16(13)24-20/h1-3,6-7,9-11,17-18,20,24H,4-5,8H2,(H,25,26)/t10-,11-,17-,18+,20+/m0/s1. The molecule has 26 heavy (non-hydrogen) atoms. The lowest BCUT2D eigenvalue weighted by Crippen LogP contribution is -2.36. The first-order valence-corrected chi connectivity index (χ1v) is 9.50. The molecule has 5 heteroatoms. The van der Waals surface area contributed by atoms with Crippen LogP contribution in [0, 0.1) is 23.6 Å². The van der Waals surface area contributed by atoms with Crippen molar-refractivity contribution < 1.29 is 14.3 Å². The fraction of sp³-hybridized carbons (Fsp3) is 0.381. The lowest BCUT2D eigenvalue weighted by atomic mass is 9.68. The molecule has 2 aromatic carbocycles. The fourth-order valence-corrected chi connectivity index (χ4v) is 6.00. The predicted octanol–water partition coefficient (Wildman–Crippen LogP) is 5.47. The molecule has 134 valence electrons. The molecule has 1 aliphatic heterocycles. The van der Waals surface area contributed by atoms with Crippen molar-refractivity contribution in [1.82, 2.24) is 0 Å². The van der Waals surface area contributed by atoms with Gasteiger partial charge in [-0.15, -0.1) is 0 Å². The van der Waals surface area contributed by atoms with Crippen molar-refractivity contribution in [3.8, 4) is 0 Å². The van der Waals surface area contributed by atoms with E-state index in [-0.39, 0.29) is 23.7 Å². The van der Waals surface area contributed by atoms with Gasteiger partial charge in [0.25, 0.3) is 0 Å². The zero-order chi connectivity index (χ0) is 18.0. The third-order valence-electron chi connectivity index (χ3n) is 6.64.